The summed E-state index contributed by atoms with van der Waals surface area (Å²) in [5.41, 5.74) is 0.818. The minimum atomic E-state index is -3.83. The van der Waals surface area contributed by atoms with Crippen LogP contribution in [0.2, 0.25) is 0 Å². The van der Waals surface area contributed by atoms with Crippen LogP contribution in [-0.4, -0.2) is 26.6 Å². The molecule has 0 unspecified atom stereocenters. The van der Waals surface area contributed by atoms with E-state index < -0.39 is 15.9 Å². The fraction of sp³-hybridized carbons (Fsp3) is 0.111. The molecule has 1 amide bonds. The Bertz CT molecular complexity index is 1060. The third-order valence-corrected chi connectivity index (χ3v) is 4.98. The highest BCUT2D eigenvalue weighted by Crippen LogP contribution is 2.21. The quantitative estimate of drug-likeness (QED) is 0.673. The number of ether oxygens (including phenoxy) is 1. The van der Waals surface area contributed by atoms with E-state index in [0.717, 1.165) is 0 Å². The Morgan fingerprint density at radius 3 is 2.44 bits per heavy atom. The number of benzene rings is 2. The molecule has 3 rings (SSSR count). The Hall–Kier alpha value is -3.33. The summed E-state index contributed by atoms with van der Waals surface area (Å²) in [6, 6.07) is 13.9. The SMILES string of the molecule is COc1ccc(NS(=O)(=O)c2cccc(NC(=O)c3cc(C)on3)c2)cc1. The van der Waals surface area contributed by atoms with Gasteiger partial charge in [-0.05, 0) is 49.4 Å². The molecule has 9 heteroatoms. The van der Waals surface area contributed by atoms with Crippen molar-refractivity contribution in [2.75, 3.05) is 17.1 Å². The highest BCUT2D eigenvalue weighted by molar-refractivity contribution is 7.92. The van der Waals surface area contributed by atoms with Crippen molar-refractivity contribution < 1.29 is 22.5 Å². The van der Waals surface area contributed by atoms with Crippen molar-refractivity contribution in [2.24, 2.45) is 0 Å². The summed E-state index contributed by atoms with van der Waals surface area (Å²) in [5, 5.41) is 6.22. The summed E-state index contributed by atoms with van der Waals surface area (Å²) in [7, 11) is -2.30. The van der Waals surface area contributed by atoms with E-state index >= 15 is 0 Å². The molecular formula is C18H17N3O5S. The smallest absolute Gasteiger partial charge is 0.277 e. The minimum absolute atomic E-state index is 0.00690. The zero-order chi connectivity index (χ0) is 19.4. The maximum absolute atomic E-state index is 12.6. The van der Waals surface area contributed by atoms with Gasteiger partial charge in [-0.25, -0.2) is 8.42 Å². The summed E-state index contributed by atoms with van der Waals surface area (Å²) in [5.74, 6) is 0.621. The van der Waals surface area contributed by atoms with Crippen molar-refractivity contribution in [3.8, 4) is 5.75 Å². The Kier molecular flexibility index (Phi) is 5.13. The van der Waals surface area contributed by atoms with Crippen LogP contribution in [0.5, 0.6) is 5.75 Å². The molecule has 0 aliphatic heterocycles. The summed E-state index contributed by atoms with van der Waals surface area (Å²) >= 11 is 0. The fourth-order valence-corrected chi connectivity index (χ4v) is 3.39. The third kappa shape index (κ3) is 4.45. The molecule has 0 saturated carbocycles. The standard InChI is InChI=1S/C18H17N3O5S/c1-12-10-17(20-26-12)18(22)19-14-4-3-5-16(11-14)27(23,24)21-13-6-8-15(25-2)9-7-13/h3-11,21H,1-2H3,(H,19,22). The van der Waals surface area contributed by atoms with Crippen molar-refractivity contribution in [2.45, 2.75) is 11.8 Å². The van der Waals surface area contributed by atoms with Crippen molar-refractivity contribution >= 4 is 27.3 Å². The average molecular weight is 387 g/mol. The number of aryl methyl sites for hydroxylation is 1. The lowest BCUT2D eigenvalue weighted by atomic mass is 10.3. The molecule has 0 saturated heterocycles. The van der Waals surface area contributed by atoms with Gasteiger partial charge in [0.15, 0.2) is 5.69 Å². The monoisotopic (exact) mass is 387 g/mol. The number of nitrogens with zero attached hydrogens (tertiary/aromatic N) is 1. The maximum Gasteiger partial charge on any atom is 0.277 e. The van der Waals surface area contributed by atoms with Gasteiger partial charge in [0.05, 0.1) is 12.0 Å². The first-order valence-electron chi connectivity index (χ1n) is 7.89. The van der Waals surface area contributed by atoms with Gasteiger partial charge in [0.1, 0.15) is 11.5 Å². The zero-order valence-electron chi connectivity index (χ0n) is 14.6. The Balaban J connectivity index is 1.77. The summed E-state index contributed by atoms with van der Waals surface area (Å²) < 4.78 is 37.6. The van der Waals surface area contributed by atoms with E-state index in [0.29, 0.717) is 22.9 Å². The molecule has 0 fully saturated rings. The normalized spacial score (nSPS) is 11.0. The first kappa shape index (κ1) is 18.5. The molecule has 0 bridgehead atoms. The molecule has 8 nitrogen and oxygen atoms in total. The largest absolute Gasteiger partial charge is 0.497 e. The van der Waals surface area contributed by atoms with Crippen LogP contribution in [0.15, 0.2) is 64.0 Å². The van der Waals surface area contributed by atoms with Crippen LogP contribution in [0.1, 0.15) is 16.2 Å². The van der Waals surface area contributed by atoms with E-state index in [9.17, 15) is 13.2 Å². The zero-order valence-corrected chi connectivity index (χ0v) is 15.4. The molecule has 27 heavy (non-hydrogen) atoms. The maximum atomic E-state index is 12.6. The van der Waals surface area contributed by atoms with Crippen molar-refractivity contribution in [1.82, 2.24) is 5.16 Å². The highest BCUT2D eigenvalue weighted by Gasteiger charge is 2.16. The van der Waals surface area contributed by atoms with Gasteiger partial charge in [0.2, 0.25) is 0 Å². The van der Waals surface area contributed by atoms with Gasteiger partial charge < -0.3 is 14.6 Å². The van der Waals surface area contributed by atoms with E-state index in [1.165, 1.54) is 31.4 Å². The van der Waals surface area contributed by atoms with Crippen LogP contribution >= 0.6 is 0 Å². The van der Waals surface area contributed by atoms with Crippen LogP contribution in [-0.2, 0) is 10.0 Å². The van der Waals surface area contributed by atoms with Gasteiger partial charge in [-0.1, -0.05) is 11.2 Å². The van der Waals surface area contributed by atoms with E-state index in [2.05, 4.69) is 15.2 Å². The molecule has 3 aromatic rings. The van der Waals surface area contributed by atoms with Gasteiger partial charge in [-0.3, -0.25) is 9.52 Å². The number of anilines is 2. The van der Waals surface area contributed by atoms with Gasteiger partial charge >= 0.3 is 0 Å². The number of nitrogens with one attached hydrogen (secondary N) is 2. The lowest BCUT2D eigenvalue weighted by molar-refractivity contribution is 0.101. The molecule has 0 spiro atoms. The molecule has 0 aliphatic carbocycles. The van der Waals surface area contributed by atoms with Gasteiger partial charge in [0.25, 0.3) is 15.9 Å². The summed E-state index contributed by atoms with van der Waals surface area (Å²) in [6.07, 6.45) is 0. The number of aromatic nitrogens is 1. The average Bonchev–Trinajstić information content (AvgIpc) is 3.09. The third-order valence-electron chi connectivity index (χ3n) is 3.61. The number of hydrogen-bond acceptors (Lipinski definition) is 6. The van der Waals surface area contributed by atoms with Gasteiger partial charge in [-0.15, -0.1) is 0 Å². The van der Waals surface area contributed by atoms with E-state index in [1.54, 1.807) is 37.3 Å². The summed E-state index contributed by atoms with van der Waals surface area (Å²) in [6.45, 7) is 1.67. The van der Waals surface area contributed by atoms with Gasteiger partial charge in [-0.2, -0.15) is 0 Å². The number of hydrogen-bond donors (Lipinski definition) is 2. The number of amides is 1. The highest BCUT2D eigenvalue weighted by atomic mass is 32.2. The van der Waals surface area contributed by atoms with Crippen LogP contribution in [0, 0.1) is 6.92 Å². The Labute approximate surface area is 156 Å². The number of methoxy groups -OCH3 is 1. The molecule has 2 aromatic carbocycles. The fourth-order valence-electron chi connectivity index (χ4n) is 2.28. The molecule has 0 atom stereocenters. The van der Waals surface area contributed by atoms with E-state index in [1.807, 2.05) is 0 Å². The Morgan fingerprint density at radius 2 is 1.81 bits per heavy atom. The van der Waals surface area contributed by atoms with Crippen LogP contribution in [0.25, 0.3) is 0 Å². The number of sulfonamides is 1. The summed E-state index contributed by atoms with van der Waals surface area (Å²) in [4.78, 5) is 12.1. The van der Waals surface area contributed by atoms with Crippen LogP contribution < -0.4 is 14.8 Å². The second kappa shape index (κ2) is 7.50. The molecular weight excluding hydrogens is 370 g/mol. The van der Waals surface area contributed by atoms with Crippen molar-refractivity contribution in [3.05, 3.63) is 66.1 Å². The van der Waals surface area contributed by atoms with Crippen LogP contribution in [0.3, 0.4) is 0 Å². The first-order chi connectivity index (χ1) is 12.9. The van der Waals surface area contributed by atoms with E-state index in [-0.39, 0.29) is 10.6 Å². The van der Waals surface area contributed by atoms with E-state index in [4.69, 9.17) is 9.26 Å². The minimum Gasteiger partial charge on any atom is -0.497 e. The number of rotatable bonds is 6. The Morgan fingerprint density at radius 1 is 1.07 bits per heavy atom. The van der Waals surface area contributed by atoms with Crippen molar-refractivity contribution in [3.63, 3.8) is 0 Å². The predicted octanol–water partition coefficient (Wildman–Crippen LogP) is 3.04. The molecule has 0 aliphatic rings. The van der Waals surface area contributed by atoms with Gasteiger partial charge in [0, 0.05) is 17.4 Å². The first-order valence-corrected chi connectivity index (χ1v) is 9.37. The number of carbonyl (C=O) groups excluding carboxylic acids is 1. The lowest BCUT2D eigenvalue weighted by Gasteiger charge is -2.10. The molecule has 1 aromatic heterocycles. The molecule has 140 valence electrons. The van der Waals surface area contributed by atoms with Crippen molar-refractivity contribution in [1.29, 1.82) is 0 Å². The topological polar surface area (TPSA) is 111 Å². The van der Waals surface area contributed by atoms with Crippen LogP contribution in [0.4, 0.5) is 11.4 Å². The second-order valence-electron chi connectivity index (χ2n) is 5.64. The predicted molar refractivity (Wildman–Crippen MR) is 99.4 cm³/mol. The number of carbonyl (C=O) groups is 1. The second-order valence-corrected chi connectivity index (χ2v) is 7.32. The lowest BCUT2D eigenvalue weighted by Crippen LogP contribution is -2.15. The molecule has 1 heterocycles. The molecule has 2 N–H and O–H groups in total. The molecule has 0 radical (unpaired) electrons.